The van der Waals surface area contributed by atoms with E-state index in [1.54, 1.807) is 11.8 Å². The van der Waals surface area contributed by atoms with E-state index in [4.69, 9.17) is 5.73 Å². The van der Waals surface area contributed by atoms with Crippen LogP contribution in [-0.2, 0) is 14.4 Å². The molecule has 2 fully saturated rings. The van der Waals surface area contributed by atoms with Gasteiger partial charge in [-0.25, -0.2) is 0 Å². The van der Waals surface area contributed by atoms with Crippen LogP contribution in [0, 0.1) is 11.8 Å². The lowest BCUT2D eigenvalue weighted by Gasteiger charge is -2.32. The highest BCUT2D eigenvalue weighted by Crippen LogP contribution is 2.25. The monoisotopic (exact) mass is 295 g/mol. The Labute approximate surface area is 125 Å². The van der Waals surface area contributed by atoms with E-state index < -0.39 is 6.04 Å². The van der Waals surface area contributed by atoms with E-state index in [1.807, 2.05) is 0 Å². The number of hydrogen-bond donors (Lipinski definition) is 2. The predicted molar refractivity (Wildman–Crippen MR) is 78.1 cm³/mol. The average Bonchev–Trinajstić information content (AvgIpc) is 3.00. The minimum absolute atomic E-state index is 0.000344. The van der Waals surface area contributed by atoms with Gasteiger partial charge in [0.2, 0.25) is 17.7 Å². The van der Waals surface area contributed by atoms with Crippen molar-refractivity contribution in [3.8, 4) is 0 Å². The lowest BCUT2D eigenvalue weighted by atomic mass is 9.96. The molecule has 2 aliphatic rings. The zero-order valence-corrected chi connectivity index (χ0v) is 12.6. The van der Waals surface area contributed by atoms with Crippen molar-refractivity contribution in [2.24, 2.45) is 17.6 Å². The van der Waals surface area contributed by atoms with Gasteiger partial charge in [-0.15, -0.1) is 0 Å². The highest BCUT2D eigenvalue weighted by Gasteiger charge is 2.30. The minimum atomic E-state index is -0.497. The van der Waals surface area contributed by atoms with Gasteiger partial charge in [-0.1, -0.05) is 12.8 Å². The molecule has 2 rings (SSSR count). The number of carbonyl (C=O) groups is 3. The predicted octanol–water partition coefficient (Wildman–Crippen LogP) is 0.405. The standard InChI is InChI=1S/C15H25N3O3/c1-10(17-14(20)12-4-2-3-5-12)15(21)18-8-6-11(7-9-18)13(16)19/h10-12H,2-9H2,1H3,(H2,16,19)(H,17,20). The molecule has 0 aromatic carbocycles. The van der Waals surface area contributed by atoms with Crippen LogP contribution < -0.4 is 11.1 Å². The molecule has 0 spiro atoms. The van der Waals surface area contributed by atoms with Crippen molar-refractivity contribution >= 4 is 17.7 Å². The summed E-state index contributed by atoms with van der Waals surface area (Å²) in [4.78, 5) is 37.2. The molecule has 0 aromatic rings. The number of amides is 3. The summed E-state index contributed by atoms with van der Waals surface area (Å²) in [6.45, 7) is 2.81. The van der Waals surface area contributed by atoms with Crippen molar-refractivity contribution < 1.29 is 14.4 Å². The van der Waals surface area contributed by atoms with Crippen LogP contribution in [0.2, 0.25) is 0 Å². The fourth-order valence-electron chi connectivity index (χ4n) is 3.24. The van der Waals surface area contributed by atoms with Gasteiger partial charge >= 0.3 is 0 Å². The third-order valence-electron chi connectivity index (χ3n) is 4.66. The van der Waals surface area contributed by atoms with Crippen LogP contribution in [0.5, 0.6) is 0 Å². The van der Waals surface area contributed by atoms with Crippen LogP contribution in [0.15, 0.2) is 0 Å². The highest BCUT2D eigenvalue weighted by atomic mass is 16.2. The Balaban J connectivity index is 1.79. The largest absolute Gasteiger partial charge is 0.369 e. The van der Waals surface area contributed by atoms with E-state index >= 15 is 0 Å². The van der Waals surface area contributed by atoms with Crippen molar-refractivity contribution in [1.82, 2.24) is 10.2 Å². The summed E-state index contributed by atoms with van der Waals surface area (Å²) in [7, 11) is 0. The number of likely N-dealkylation sites (tertiary alicyclic amines) is 1. The Kier molecular flexibility index (Phi) is 5.20. The van der Waals surface area contributed by atoms with Gasteiger partial charge in [0.1, 0.15) is 6.04 Å². The Morgan fingerprint density at radius 1 is 1.05 bits per heavy atom. The lowest BCUT2D eigenvalue weighted by molar-refractivity contribution is -0.139. The van der Waals surface area contributed by atoms with Crippen LogP contribution in [0.3, 0.4) is 0 Å². The molecule has 21 heavy (non-hydrogen) atoms. The second-order valence-electron chi connectivity index (χ2n) is 6.21. The van der Waals surface area contributed by atoms with E-state index in [-0.39, 0.29) is 29.6 Å². The number of nitrogens with two attached hydrogens (primary N) is 1. The van der Waals surface area contributed by atoms with Crippen molar-refractivity contribution in [1.29, 1.82) is 0 Å². The number of carbonyl (C=O) groups excluding carboxylic acids is 3. The molecule has 6 heteroatoms. The van der Waals surface area contributed by atoms with E-state index in [9.17, 15) is 14.4 Å². The third kappa shape index (κ3) is 3.95. The molecule has 1 saturated heterocycles. The number of primary amides is 1. The highest BCUT2D eigenvalue weighted by molar-refractivity contribution is 5.88. The summed E-state index contributed by atoms with van der Waals surface area (Å²) in [5, 5.41) is 2.83. The summed E-state index contributed by atoms with van der Waals surface area (Å²) in [5.74, 6) is -0.410. The van der Waals surface area contributed by atoms with Gasteiger partial charge in [0.15, 0.2) is 0 Å². The first kappa shape index (κ1) is 15.8. The summed E-state index contributed by atoms with van der Waals surface area (Å²) in [5.41, 5.74) is 5.28. The summed E-state index contributed by atoms with van der Waals surface area (Å²) in [6.07, 6.45) is 5.28. The first-order valence-corrected chi connectivity index (χ1v) is 7.87. The Morgan fingerprint density at radius 3 is 2.14 bits per heavy atom. The van der Waals surface area contributed by atoms with Crippen LogP contribution in [0.1, 0.15) is 45.4 Å². The zero-order valence-electron chi connectivity index (χ0n) is 12.6. The molecule has 0 bridgehead atoms. The topological polar surface area (TPSA) is 92.5 Å². The fourth-order valence-corrected chi connectivity index (χ4v) is 3.24. The van der Waals surface area contributed by atoms with Gasteiger partial charge in [-0.2, -0.15) is 0 Å². The number of piperidine rings is 1. The van der Waals surface area contributed by atoms with E-state index in [0.29, 0.717) is 25.9 Å². The number of nitrogens with one attached hydrogen (secondary N) is 1. The minimum Gasteiger partial charge on any atom is -0.369 e. The fraction of sp³-hybridized carbons (Fsp3) is 0.800. The molecule has 3 N–H and O–H groups in total. The molecule has 6 nitrogen and oxygen atoms in total. The zero-order chi connectivity index (χ0) is 15.4. The third-order valence-corrected chi connectivity index (χ3v) is 4.66. The SMILES string of the molecule is CC(NC(=O)C1CCCC1)C(=O)N1CCC(C(N)=O)CC1. The molecule has 1 heterocycles. The maximum Gasteiger partial charge on any atom is 0.244 e. The summed E-state index contributed by atoms with van der Waals surface area (Å²) >= 11 is 0. The number of rotatable bonds is 4. The van der Waals surface area contributed by atoms with Crippen LogP contribution in [0.4, 0.5) is 0 Å². The summed E-state index contributed by atoms with van der Waals surface area (Å²) in [6, 6.07) is -0.497. The second kappa shape index (κ2) is 6.91. The molecule has 118 valence electrons. The van der Waals surface area contributed by atoms with Crippen molar-refractivity contribution in [3.63, 3.8) is 0 Å². The van der Waals surface area contributed by atoms with E-state index in [0.717, 1.165) is 25.7 Å². The van der Waals surface area contributed by atoms with Crippen LogP contribution >= 0.6 is 0 Å². The Bertz CT molecular complexity index is 410. The van der Waals surface area contributed by atoms with Crippen molar-refractivity contribution in [2.75, 3.05) is 13.1 Å². The number of hydrogen-bond acceptors (Lipinski definition) is 3. The van der Waals surface area contributed by atoms with Gasteiger partial charge in [0.25, 0.3) is 0 Å². The maximum absolute atomic E-state index is 12.3. The van der Waals surface area contributed by atoms with Crippen molar-refractivity contribution in [3.05, 3.63) is 0 Å². The first-order chi connectivity index (χ1) is 9.99. The first-order valence-electron chi connectivity index (χ1n) is 7.87. The molecule has 1 unspecified atom stereocenters. The van der Waals surface area contributed by atoms with Gasteiger partial charge in [0, 0.05) is 24.9 Å². The van der Waals surface area contributed by atoms with E-state index in [1.165, 1.54) is 0 Å². The Morgan fingerprint density at radius 2 is 1.62 bits per heavy atom. The molecule has 3 amide bonds. The molecular weight excluding hydrogens is 270 g/mol. The van der Waals surface area contributed by atoms with Crippen LogP contribution in [0.25, 0.3) is 0 Å². The van der Waals surface area contributed by atoms with E-state index in [2.05, 4.69) is 5.32 Å². The normalized spacial score (nSPS) is 22.0. The molecule has 1 saturated carbocycles. The van der Waals surface area contributed by atoms with Crippen LogP contribution in [-0.4, -0.2) is 41.8 Å². The maximum atomic E-state index is 12.3. The average molecular weight is 295 g/mol. The quantitative estimate of drug-likeness (QED) is 0.786. The van der Waals surface area contributed by atoms with Crippen molar-refractivity contribution in [2.45, 2.75) is 51.5 Å². The van der Waals surface area contributed by atoms with Gasteiger partial charge in [0.05, 0.1) is 0 Å². The molecule has 1 atom stereocenters. The number of nitrogens with zero attached hydrogens (tertiary/aromatic N) is 1. The molecule has 0 radical (unpaired) electrons. The van der Waals surface area contributed by atoms with Gasteiger partial charge in [-0.05, 0) is 32.6 Å². The smallest absolute Gasteiger partial charge is 0.244 e. The molecular formula is C15H25N3O3. The molecule has 0 aromatic heterocycles. The molecule has 1 aliphatic heterocycles. The second-order valence-corrected chi connectivity index (χ2v) is 6.21. The molecule has 1 aliphatic carbocycles. The summed E-state index contributed by atoms with van der Waals surface area (Å²) < 4.78 is 0. The van der Waals surface area contributed by atoms with Gasteiger partial charge < -0.3 is 16.0 Å². The van der Waals surface area contributed by atoms with Gasteiger partial charge in [-0.3, -0.25) is 14.4 Å². The Hall–Kier alpha value is -1.59. The lowest BCUT2D eigenvalue weighted by Crippen LogP contribution is -2.51.